The second kappa shape index (κ2) is 13.1. The number of anilines is 1. The lowest BCUT2D eigenvalue weighted by atomic mass is 10.1. The summed E-state index contributed by atoms with van der Waals surface area (Å²) in [6.45, 7) is 10.7. The number of carbonyl (C=O) groups is 2. The first-order chi connectivity index (χ1) is 19.1. The molecule has 2 amide bonds. The van der Waals surface area contributed by atoms with Gasteiger partial charge in [0.2, 0.25) is 11.8 Å². The van der Waals surface area contributed by atoms with Crippen LogP contribution in [0.5, 0.6) is 5.75 Å². The highest BCUT2D eigenvalue weighted by molar-refractivity contribution is 9.10. The number of rotatable bonds is 10. The molecule has 0 saturated carbocycles. The van der Waals surface area contributed by atoms with Crippen LogP contribution < -0.4 is 14.4 Å². The fourth-order valence-corrected chi connectivity index (χ4v) is 6.34. The number of methoxy groups -OCH3 is 1. The number of halogens is 1. The van der Waals surface area contributed by atoms with Gasteiger partial charge >= 0.3 is 0 Å². The molecule has 3 aromatic rings. The van der Waals surface area contributed by atoms with Crippen molar-refractivity contribution in [3.63, 3.8) is 0 Å². The van der Waals surface area contributed by atoms with Gasteiger partial charge in [0.05, 0.1) is 22.2 Å². The molecular formula is C31H38BrN3O5S. The Morgan fingerprint density at radius 3 is 2.20 bits per heavy atom. The summed E-state index contributed by atoms with van der Waals surface area (Å²) in [7, 11) is -2.71. The molecule has 0 aliphatic rings. The highest BCUT2D eigenvalue weighted by Gasteiger charge is 2.33. The van der Waals surface area contributed by atoms with Gasteiger partial charge in [0.25, 0.3) is 10.0 Å². The average Bonchev–Trinajstić information content (AvgIpc) is 2.90. The van der Waals surface area contributed by atoms with Crippen molar-refractivity contribution in [1.82, 2.24) is 10.2 Å². The second-order valence-corrected chi connectivity index (χ2v) is 13.7. The van der Waals surface area contributed by atoms with E-state index in [0.29, 0.717) is 15.9 Å². The number of sulfonamides is 1. The first-order valence-corrected chi connectivity index (χ1v) is 15.5. The molecule has 3 aromatic carbocycles. The summed E-state index contributed by atoms with van der Waals surface area (Å²) in [5.41, 5.74) is 2.58. The summed E-state index contributed by atoms with van der Waals surface area (Å²) in [5, 5.41) is 2.94. The van der Waals surface area contributed by atoms with Gasteiger partial charge < -0.3 is 15.0 Å². The second-order valence-electron chi connectivity index (χ2n) is 11.0. The third-order valence-electron chi connectivity index (χ3n) is 6.58. The lowest BCUT2D eigenvalue weighted by Crippen LogP contribution is -2.54. The van der Waals surface area contributed by atoms with Crippen molar-refractivity contribution in [2.75, 3.05) is 18.0 Å². The standard InChI is InChI=1S/C31H38BrN3O5S/c1-21-12-14-25(15-13-21)35(41(38,39)26-16-17-28(40-7)27(32)18-26)20-29(36)34(19-24-11-9-8-10-22(24)2)23(3)30(37)33-31(4,5)6/h8-18,23H,19-20H2,1-7H3,(H,33,37)/t23-/m0/s1. The monoisotopic (exact) mass is 643 g/mol. The van der Waals surface area contributed by atoms with Crippen LogP contribution in [-0.2, 0) is 26.2 Å². The minimum Gasteiger partial charge on any atom is -0.496 e. The molecule has 3 rings (SSSR count). The first-order valence-electron chi connectivity index (χ1n) is 13.2. The van der Waals surface area contributed by atoms with Gasteiger partial charge in [-0.15, -0.1) is 0 Å². The smallest absolute Gasteiger partial charge is 0.264 e. The Labute approximate surface area is 251 Å². The van der Waals surface area contributed by atoms with E-state index in [2.05, 4.69) is 21.2 Å². The minimum absolute atomic E-state index is 0.0115. The molecule has 0 spiro atoms. The Bertz CT molecular complexity index is 1500. The van der Waals surface area contributed by atoms with Crippen molar-refractivity contribution in [3.05, 3.63) is 87.9 Å². The molecule has 0 unspecified atom stereocenters. The van der Waals surface area contributed by atoms with Crippen LogP contribution in [0.25, 0.3) is 0 Å². The van der Waals surface area contributed by atoms with Crippen LogP contribution in [0.4, 0.5) is 5.69 Å². The zero-order valence-electron chi connectivity index (χ0n) is 24.6. The number of carbonyl (C=O) groups excluding carboxylic acids is 2. The Kier molecular flexibility index (Phi) is 10.3. The van der Waals surface area contributed by atoms with Crippen LogP contribution in [0.1, 0.15) is 44.4 Å². The van der Waals surface area contributed by atoms with Crippen molar-refractivity contribution in [1.29, 1.82) is 0 Å². The van der Waals surface area contributed by atoms with E-state index in [9.17, 15) is 18.0 Å². The summed E-state index contributed by atoms with van der Waals surface area (Å²) in [6, 6.07) is 18.1. The van der Waals surface area contributed by atoms with Crippen LogP contribution in [0.2, 0.25) is 0 Å². The van der Waals surface area contributed by atoms with Gasteiger partial charge in [-0.25, -0.2) is 8.42 Å². The maximum absolute atomic E-state index is 14.1. The third kappa shape index (κ3) is 8.10. The molecule has 220 valence electrons. The molecule has 0 bridgehead atoms. The Morgan fingerprint density at radius 1 is 1.00 bits per heavy atom. The number of nitrogens with zero attached hydrogens (tertiary/aromatic N) is 2. The molecule has 41 heavy (non-hydrogen) atoms. The van der Waals surface area contributed by atoms with Crippen molar-refractivity contribution < 1.29 is 22.7 Å². The molecule has 1 N–H and O–H groups in total. The average molecular weight is 645 g/mol. The van der Waals surface area contributed by atoms with E-state index >= 15 is 0 Å². The predicted molar refractivity (Wildman–Crippen MR) is 165 cm³/mol. The number of amides is 2. The number of hydrogen-bond donors (Lipinski definition) is 1. The summed E-state index contributed by atoms with van der Waals surface area (Å²) >= 11 is 3.36. The molecule has 8 nitrogen and oxygen atoms in total. The van der Waals surface area contributed by atoms with Gasteiger partial charge in [0.15, 0.2) is 0 Å². The van der Waals surface area contributed by atoms with Crippen LogP contribution in [-0.4, -0.2) is 50.4 Å². The third-order valence-corrected chi connectivity index (χ3v) is 8.97. The first kappa shape index (κ1) is 32.1. The van der Waals surface area contributed by atoms with Gasteiger partial charge in [-0.2, -0.15) is 0 Å². The van der Waals surface area contributed by atoms with Crippen molar-refractivity contribution in [3.8, 4) is 5.75 Å². The van der Waals surface area contributed by atoms with E-state index in [0.717, 1.165) is 21.0 Å². The molecule has 0 radical (unpaired) electrons. The van der Waals surface area contributed by atoms with Crippen LogP contribution in [0.3, 0.4) is 0 Å². The molecular weight excluding hydrogens is 606 g/mol. The van der Waals surface area contributed by atoms with E-state index in [4.69, 9.17) is 4.74 Å². The van der Waals surface area contributed by atoms with Gasteiger partial charge in [-0.1, -0.05) is 42.0 Å². The SMILES string of the molecule is COc1ccc(S(=O)(=O)N(CC(=O)N(Cc2ccccc2C)[C@@H](C)C(=O)NC(C)(C)C)c2ccc(C)cc2)cc1Br. The maximum Gasteiger partial charge on any atom is 0.264 e. The van der Waals surface area contributed by atoms with Crippen molar-refractivity contribution in [2.24, 2.45) is 0 Å². The summed E-state index contributed by atoms with van der Waals surface area (Å²) in [4.78, 5) is 28.7. The normalized spacial score (nSPS) is 12.4. The molecule has 0 heterocycles. The molecule has 1 atom stereocenters. The maximum atomic E-state index is 14.1. The number of nitrogens with one attached hydrogen (secondary N) is 1. The Hall–Kier alpha value is -3.37. The van der Waals surface area contributed by atoms with Gasteiger partial charge in [-0.3, -0.25) is 13.9 Å². The van der Waals surface area contributed by atoms with Crippen LogP contribution in [0.15, 0.2) is 76.1 Å². The molecule has 0 fully saturated rings. The minimum atomic E-state index is -4.20. The van der Waals surface area contributed by atoms with Crippen molar-refractivity contribution in [2.45, 2.75) is 64.6 Å². The highest BCUT2D eigenvalue weighted by atomic mass is 79.9. The molecule has 0 aliphatic heterocycles. The zero-order valence-corrected chi connectivity index (χ0v) is 27.0. The summed E-state index contributed by atoms with van der Waals surface area (Å²) < 4.78 is 34.9. The Balaban J connectivity index is 2.07. The largest absolute Gasteiger partial charge is 0.496 e. The number of hydrogen-bond acceptors (Lipinski definition) is 5. The van der Waals surface area contributed by atoms with E-state index < -0.39 is 34.1 Å². The highest BCUT2D eigenvalue weighted by Crippen LogP contribution is 2.31. The molecule has 0 aromatic heterocycles. The van der Waals surface area contributed by atoms with E-state index in [1.807, 2.05) is 58.9 Å². The molecule has 0 saturated heterocycles. The van der Waals surface area contributed by atoms with Crippen LogP contribution >= 0.6 is 15.9 Å². The topological polar surface area (TPSA) is 96.0 Å². The molecule has 0 aliphatic carbocycles. The Morgan fingerprint density at radius 2 is 1.63 bits per heavy atom. The fourth-order valence-electron chi connectivity index (χ4n) is 4.20. The summed E-state index contributed by atoms with van der Waals surface area (Å²) in [5.74, 6) is -0.366. The summed E-state index contributed by atoms with van der Waals surface area (Å²) in [6.07, 6.45) is 0. The number of ether oxygens (including phenoxy) is 1. The van der Waals surface area contributed by atoms with Gasteiger partial charge in [0, 0.05) is 12.1 Å². The molecule has 10 heteroatoms. The fraction of sp³-hybridized carbons (Fsp3) is 0.355. The predicted octanol–water partition coefficient (Wildman–Crippen LogP) is 5.60. The van der Waals surface area contributed by atoms with Gasteiger partial charge in [0.1, 0.15) is 18.3 Å². The lowest BCUT2D eigenvalue weighted by Gasteiger charge is -2.33. The lowest BCUT2D eigenvalue weighted by molar-refractivity contribution is -0.140. The number of benzene rings is 3. The van der Waals surface area contributed by atoms with Gasteiger partial charge in [-0.05, 0) is 98.9 Å². The van der Waals surface area contributed by atoms with E-state index in [1.54, 1.807) is 37.3 Å². The quantitative estimate of drug-likeness (QED) is 0.310. The van der Waals surface area contributed by atoms with E-state index in [1.165, 1.54) is 24.1 Å². The zero-order chi connectivity index (χ0) is 30.5. The van der Waals surface area contributed by atoms with Crippen LogP contribution in [0, 0.1) is 13.8 Å². The van der Waals surface area contributed by atoms with Crippen molar-refractivity contribution >= 4 is 43.5 Å². The number of aryl methyl sites for hydroxylation is 2. The van der Waals surface area contributed by atoms with E-state index in [-0.39, 0.29) is 17.3 Å².